The number of benzene rings is 2. The second-order valence-electron chi connectivity index (χ2n) is 6.68. The molecule has 0 aliphatic heterocycles. The van der Waals surface area contributed by atoms with Crippen LogP contribution in [0.4, 0.5) is 35.2 Å². The summed E-state index contributed by atoms with van der Waals surface area (Å²) in [6, 6.07) is 9.25. The van der Waals surface area contributed by atoms with E-state index < -0.39 is 22.8 Å². The van der Waals surface area contributed by atoms with Crippen LogP contribution in [-0.2, 0) is 6.18 Å². The molecule has 3 N–H and O–H groups in total. The van der Waals surface area contributed by atoms with Gasteiger partial charge in [0.05, 0.1) is 10.6 Å². The van der Waals surface area contributed by atoms with Gasteiger partial charge in [-0.05, 0) is 42.5 Å². The number of amides is 2. The number of carbonyl (C=O) groups excluding carboxylic acids is 1. The summed E-state index contributed by atoms with van der Waals surface area (Å²) in [5, 5.41) is 7.47. The Bertz CT molecular complexity index is 1340. The fourth-order valence-corrected chi connectivity index (χ4v) is 4.06. The number of anilines is 3. The van der Waals surface area contributed by atoms with E-state index in [1.165, 1.54) is 12.4 Å². The number of imidazole rings is 1. The average Bonchev–Trinajstić information content (AvgIpc) is 3.10. The van der Waals surface area contributed by atoms with Gasteiger partial charge in [-0.25, -0.2) is 19.7 Å². The molecule has 170 valence electrons. The summed E-state index contributed by atoms with van der Waals surface area (Å²) in [6.45, 7) is 0. The van der Waals surface area contributed by atoms with Crippen LogP contribution in [0.3, 0.4) is 0 Å². The molecule has 33 heavy (non-hydrogen) atoms. The van der Waals surface area contributed by atoms with E-state index in [-0.39, 0.29) is 5.69 Å². The van der Waals surface area contributed by atoms with Gasteiger partial charge in [0.25, 0.3) is 0 Å². The molecule has 0 saturated heterocycles. The molecular weight excluding hydrogens is 574 g/mol. The minimum absolute atomic E-state index is 0.0414. The maximum absolute atomic E-state index is 13.0. The van der Waals surface area contributed by atoms with E-state index in [1.807, 2.05) is 4.57 Å². The molecule has 0 aliphatic rings. The minimum atomic E-state index is -4.63. The fraction of sp³-hybridized carbons (Fsp3) is 0.100. The molecule has 0 radical (unpaired) electrons. The maximum atomic E-state index is 13.0. The van der Waals surface area contributed by atoms with Gasteiger partial charge in [-0.2, -0.15) is 13.2 Å². The first kappa shape index (κ1) is 23.0. The van der Waals surface area contributed by atoms with Crippen LogP contribution in [0, 0.1) is 3.83 Å². The molecule has 2 heterocycles. The first-order chi connectivity index (χ1) is 15.7. The van der Waals surface area contributed by atoms with Crippen molar-refractivity contribution in [1.82, 2.24) is 19.5 Å². The van der Waals surface area contributed by atoms with Crippen LogP contribution in [0.15, 0.2) is 48.8 Å². The molecule has 2 aromatic carbocycles. The van der Waals surface area contributed by atoms with Crippen LogP contribution in [-0.4, -0.2) is 32.6 Å². The molecule has 0 spiro atoms. The third-order valence-electron chi connectivity index (χ3n) is 4.55. The Balaban J connectivity index is 1.52. The predicted molar refractivity (Wildman–Crippen MR) is 128 cm³/mol. The topological polar surface area (TPSA) is 96.8 Å². The van der Waals surface area contributed by atoms with Crippen molar-refractivity contribution in [3.05, 3.63) is 63.2 Å². The minimum Gasteiger partial charge on any atom is -0.371 e. The number of hydrogen-bond acceptors (Lipinski definition) is 5. The van der Waals surface area contributed by atoms with Gasteiger partial charge in [0.15, 0.2) is 20.8 Å². The van der Waals surface area contributed by atoms with Gasteiger partial charge >= 0.3 is 12.2 Å². The van der Waals surface area contributed by atoms with E-state index in [0.717, 1.165) is 17.8 Å². The van der Waals surface area contributed by atoms with Gasteiger partial charge < -0.3 is 16.0 Å². The molecule has 0 unspecified atom stereocenters. The zero-order valence-corrected chi connectivity index (χ0v) is 19.6. The quantitative estimate of drug-likeness (QED) is 0.208. The molecule has 0 fully saturated rings. The summed E-state index contributed by atoms with van der Waals surface area (Å²) in [6.07, 6.45) is -3.20. The molecule has 8 nitrogen and oxygen atoms in total. The van der Waals surface area contributed by atoms with Gasteiger partial charge in [0.2, 0.25) is 0 Å². The Morgan fingerprint density at radius 1 is 1.06 bits per heavy atom. The van der Waals surface area contributed by atoms with Crippen LogP contribution in [0.5, 0.6) is 0 Å². The number of fused-ring (bicyclic) bond motifs is 1. The average molecular weight is 588 g/mol. The number of carbonyl (C=O) groups is 1. The van der Waals surface area contributed by atoms with Gasteiger partial charge in [-0.1, -0.05) is 11.6 Å². The van der Waals surface area contributed by atoms with Crippen molar-refractivity contribution in [3.8, 4) is 5.69 Å². The van der Waals surface area contributed by atoms with Crippen molar-refractivity contribution < 1.29 is 18.0 Å². The molecule has 13 heteroatoms. The molecule has 4 aromatic rings. The lowest BCUT2D eigenvalue weighted by atomic mass is 10.2. The Morgan fingerprint density at radius 3 is 2.39 bits per heavy atom. The molecule has 2 amide bonds. The predicted octanol–water partition coefficient (Wildman–Crippen LogP) is 5.78. The van der Waals surface area contributed by atoms with E-state index >= 15 is 0 Å². The highest BCUT2D eigenvalue weighted by Gasteiger charge is 2.33. The smallest absolute Gasteiger partial charge is 0.371 e. The molecule has 2 aromatic heterocycles. The molecule has 0 atom stereocenters. The third kappa shape index (κ3) is 4.80. The number of alkyl halides is 3. The third-order valence-corrected chi connectivity index (χ3v) is 5.61. The highest BCUT2D eigenvalue weighted by atomic mass is 127. The highest BCUT2D eigenvalue weighted by molar-refractivity contribution is 14.1. The maximum Gasteiger partial charge on any atom is 0.417 e. The van der Waals surface area contributed by atoms with E-state index in [4.69, 9.17) is 11.6 Å². The standard InChI is InChI=1S/C20H14ClF3IN7O/c1-26-16-15-17(28-9-27-16)32(18(25)31-15)12-5-2-10(3-6-12)29-19(33)30-11-4-7-14(21)13(8-11)20(22,23)24/h2-9H,1H3,(H,26,27,28)(H2,29,30,33). The van der Waals surface area contributed by atoms with Gasteiger partial charge in [0, 0.05) is 46.7 Å². The van der Waals surface area contributed by atoms with E-state index in [1.54, 1.807) is 31.3 Å². The zero-order valence-electron chi connectivity index (χ0n) is 16.7. The SMILES string of the molecule is CNc1ncnc2c1nc(I)n2-c1ccc(NC(=O)Nc2ccc(Cl)c(C(F)(F)F)c2)cc1. The fourth-order valence-electron chi connectivity index (χ4n) is 3.09. The number of aromatic nitrogens is 4. The molecular formula is C20H14ClF3IN7O. The lowest BCUT2D eigenvalue weighted by Crippen LogP contribution is -2.20. The molecule has 0 bridgehead atoms. The monoisotopic (exact) mass is 587 g/mol. The summed E-state index contributed by atoms with van der Waals surface area (Å²) in [7, 11) is 1.74. The first-order valence-electron chi connectivity index (χ1n) is 9.29. The van der Waals surface area contributed by atoms with Crippen molar-refractivity contribution in [2.75, 3.05) is 23.0 Å². The number of nitrogens with one attached hydrogen (secondary N) is 3. The zero-order chi connectivity index (χ0) is 23.8. The van der Waals surface area contributed by atoms with E-state index in [9.17, 15) is 18.0 Å². The summed E-state index contributed by atoms with van der Waals surface area (Å²) >= 11 is 7.69. The lowest BCUT2D eigenvalue weighted by Gasteiger charge is -2.13. The number of hydrogen-bond donors (Lipinski definition) is 3. The largest absolute Gasteiger partial charge is 0.417 e. The van der Waals surface area contributed by atoms with Gasteiger partial charge in [-0.15, -0.1) is 0 Å². The lowest BCUT2D eigenvalue weighted by molar-refractivity contribution is -0.137. The summed E-state index contributed by atoms with van der Waals surface area (Å²) in [5.41, 5.74) is 1.35. The Labute approximate surface area is 203 Å². The van der Waals surface area contributed by atoms with Crippen molar-refractivity contribution in [3.63, 3.8) is 0 Å². The number of halogens is 5. The highest BCUT2D eigenvalue weighted by Crippen LogP contribution is 2.36. The Hall–Kier alpha value is -3.13. The Kier molecular flexibility index (Phi) is 6.30. The number of rotatable bonds is 4. The summed E-state index contributed by atoms with van der Waals surface area (Å²) in [5.74, 6) is 0.600. The number of urea groups is 1. The summed E-state index contributed by atoms with van der Waals surface area (Å²) in [4.78, 5) is 25.2. The molecule has 0 saturated carbocycles. The first-order valence-corrected chi connectivity index (χ1v) is 10.7. The van der Waals surface area contributed by atoms with Gasteiger partial charge in [-0.3, -0.25) is 4.57 Å². The second kappa shape index (κ2) is 9.02. The van der Waals surface area contributed by atoms with Gasteiger partial charge in [0.1, 0.15) is 6.33 Å². The van der Waals surface area contributed by atoms with Crippen LogP contribution in [0.2, 0.25) is 5.02 Å². The summed E-state index contributed by atoms with van der Waals surface area (Å²) < 4.78 is 41.5. The van der Waals surface area contributed by atoms with Crippen LogP contribution >= 0.6 is 34.2 Å². The van der Waals surface area contributed by atoms with E-state index in [0.29, 0.717) is 26.5 Å². The van der Waals surface area contributed by atoms with Crippen molar-refractivity contribution in [2.24, 2.45) is 0 Å². The van der Waals surface area contributed by atoms with Crippen LogP contribution in [0.25, 0.3) is 16.9 Å². The molecule has 4 rings (SSSR count). The van der Waals surface area contributed by atoms with Crippen molar-refractivity contribution in [2.45, 2.75) is 6.18 Å². The normalized spacial score (nSPS) is 11.5. The second-order valence-corrected chi connectivity index (χ2v) is 8.05. The van der Waals surface area contributed by atoms with Crippen molar-refractivity contribution in [1.29, 1.82) is 0 Å². The number of nitrogens with zero attached hydrogens (tertiary/aromatic N) is 4. The van der Waals surface area contributed by atoms with Crippen LogP contribution < -0.4 is 16.0 Å². The Morgan fingerprint density at radius 2 is 1.73 bits per heavy atom. The van der Waals surface area contributed by atoms with Crippen molar-refractivity contribution >= 4 is 68.6 Å². The molecule has 0 aliphatic carbocycles. The van der Waals surface area contributed by atoms with E-state index in [2.05, 4.69) is 53.5 Å². The van der Waals surface area contributed by atoms with Crippen LogP contribution in [0.1, 0.15) is 5.56 Å².